The Bertz CT molecular complexity index is 2220. The van der Waals surface area contributed by atoms with E-state index in [9.17, 15) is 4.79 Å². The van der Waals surface area contributed by atoms with Gasteiger partial charge in [0.05, 0.1) is 7.11 Å². The molecule has 0 N–H and O–H groups in total. The third-order valence-corrected chi connectivity index (χ3v) is 9.46. The van der Waals surface area contributed by atoms with Crippen molar-refractivity contribution in [2.45, 2.75) is 6.61 Å². The molecule has 7 aromatic carbocycles. The SMILES string of the molecule is COC(=O)OCc1ccc(N(c2ccc(C=CC=C(c3ccccc3)c3ccccc3)cc2)c2ccc(C=CC=C(c3ccccc3)c3ccccc3)cc2)cc1. The first-order chi connectivity index (χ1) is 28.1. The Kier molecular flexibility index (Phi) is 12.8. The van der Waals surface area contributed by atoms with Gasteiger partial charge in [-0.15, -0.1) is 0 Å². The van der Waals surface area contributed by atoms with Gasteiger partial charge in [0.2, 0.25) is 0 Å². The van der Waals surface area contributed by atoms with Crippen LogP contribution in [0.4, 0.5) is 21.9 Å². The van der Waals surface area contributed by atoms with Gasteiger partial charge in [-0.1, -0.05) is 194 Å². The summed E-state index contributed by atoms with van der Waals surface area (Å²) < 4.78 is 9.81. The number of carbonyl (C=O) groups is 1. The molecule has 7 aromatic rings. The number of benzene rings is 7. The second kappa shape index (κ2) is 19.2. The highest BCUT2D eigenvalue weighted by molar-refractivity contribution is 5.83. The molecule has 7 rings (SSSR count). The van der Waals surface area contributed by atoms with Gasteiger partial charge in [-0.05, 0) is 86.5 Å². The first kappa shape index (κ1) is 37.9. The third-order valence-electron chi connectivity index (χ3n) is 9.46. The second-order valence-electron chi connectivity index (χ2n) is 13.3. The molecule has 4 nitrogen and oxygen atoms in total. The first-order valence-corrected chi connectivity index (χ1v) is 18.9. The smallest absolute Gasteiger partial charge is 0.438 e. The molecule has 0 amide bonds. The molecule has 0 spiro atoms. The summed E-state index contributed by atoms with van der Waals surface area (Å²) in [5, 5.41) is 0. The highest BCUT2D eigenvalue weighted by Gasteiger charge is 2.13. The number of hydrogen-bond acceptors (Lipinski definition) is 4. The van der Waals surface area contributed by atoms with Crippen molar-refractivity contribution < 1.29 is 14.3 Å². The lowest BCUT2D eigenvalue weighted by molar-refractivity contribution is 0.0669. The molecule has 0 radical (unpaired) electrons. The van der Waals surface area contributed by atoms with Crippen molar-refractivity contribution in [2.75, 3.05) is 12.0 Å². The van der Waals surface area contributed by atoms with E-state index in [-0.39, 0.29) is 6.61 Å². The molecule has 4 heteroatoms. The standard InChI is InChI=1S/C53H43NO3/c1-56-53(55)57-40-43-32-38-50(39-33-43)54(48-34-28-41(29-35-48)16-14-26-51(44-18-6-2-7-19-44)45-20-8-3-9-21-45)49-36-30-42(31-37-49)17-15-27-52(46-22-10-4-11-23-46)47-24-12-5-13-25-47/h2-39H,40H2,1H3. The van der Waals surface area contributed by atoms with Crippen molar-refractivity contribution in [1.82, 2.24) is 0 Å². The predicted molar refractivity (Wildman–Crippen MR) is 236 cm³/mol. The zero-order valence-corrected chi connectivity index (χ0v) is 31.8. The lowest BCUT2D eigenvalue weighted by Gasteiger charge is -2.26. The van der Waals surface area contributed by atoms with E-state index >= 15 is 0 Å². The number of rotatable bonds is 13. The molecule has 0 saturated carbocycles. The van der Waals surface area contributed by atoms with E-state index in [0.29, 0.717) is 0 Å². The van der Waals surface area contributed by atoms with E-state index in [2.05, 4.69) is 192 Å². The molecule has 0 aliphatic rings. The van der Waals surface area contributed by atoms with Crippen LogP contribution in [0.25, 0.3) is 23.3 Å². The van der Waals surface area contributed by atoms with Crippen LogP contribution in [0.15, 0.2) is 218 Å². The van der Waals surface area contributed by atoms with E-state index in [0.717, 1.165) is 44.9 Å². The number of hydrogen-bond donors (Lipinski definition) is 0. The Morgan fingerprint density at radius 2 is 0.789 bits per heavy atom. The molecule has 57 heavy (non-hydrogen) atoms. The van der Waals surface area contributed by atoms with Gasteiger partial charge in [0, 0.05) is 17.1 Å². The van der Waals surface area contributed by atoms with Crippen LogP contribution in [-0.2, 0) is 16.1 Å². The maximum absolute atomic E-state index is 11.6. The summed E-state index contributed by atoms with van der Waals surface area (Å²) in [5.41, 5.74) is 13.0. The van der Waals surface area contributed by atoms with Crippen LogP contribution in [0.2, 0.25) is 0 Å². The lowest BCUT2D eigenvalue weighted by Crippen LogP contribution is -2.10. The summed E-state index contributed by atoms with van der Waals surface area (Å²) >= 11 is 0. The molecule has 0 aromatic heterocycles. The summed E-state index contributed by atoms with van der Waals surface area (Å²) in [6.45, 7) is 0.129. The molecule has 0 aliphatic heterocycles. The molecule has 0 unspecified atom stereocenters. The quantitative estimate of drug-likeness (QED) is 0.0871. The van der Waals surface area contributed by atoms with Crippen LogP contribution in [0.5, 0.6) is 0 Å². The fourth-order valence-electron chi connectivity index (χ4n) is 6.56. The van der Waals surface area contributed by atoms with Crippen molar-refractivity contribution in [2.24, 2.45) is 0 Å². The van der Waals surface area contributed by atoms with E-state index < -0.39 is 6.16 Å². The van der Waals surface area contributed by atoms with Crippen LogP contribution in [0.1, 0.15) is 38.9 Å². The van der Waals surface area contributed by atoms with Crippen molar-refractivity contribution >= 4 is 46.5 Å². The van der Waals surface area contributed by atoms with Crippen molar-refractivity contribution in [1.29, 1.82) is 0 Å². The monoisotopic (exact) mass is 741 g/mol. The van der Waals surface area contributed by atoms with Crippen molar-refractivity contribution in [3.8, 4) is 0 Å². The number of anilines is 3. The number of carbonyl (C=O) groups excluding carboxylic acids is 1. The fraction of sp³-hybridized carbons (Fsp3) is 0.0377. The third kappa shape index (κ3) is 10.2. The fourth-order valence-corrected chi connectivity index (χ4v) is 6.56. The van der Waals surface area contributed by atoms with Crippen LogP contribution < -0.4 is 4.90 Å². The topological polar surface area (TPSA) is 38.8 Å². The minimum atomic E-state index is -0.706. The maximum Gasteiger partial charge on any atom is 0.508 e. The average Bonchev–Trinajstić information content (AvgIpc) is 3.28. The second-order valence-corrected chi connectivity index (χ2v) is 13.3. The largest absolute Gasteiger partial charge is 0.508 e. The lowest BCUT2D eigenvalue weighted by atomic mass is 9.97. The summed E-state index contributed by atoms with van der Waals surface area (Å²) in [5.74, 6) is 0. The van der Waals surface area contributed by atoms with Gasteiger partial charge in [-0.3, -0.25) is 0 Å². The van der Waals surface area contributed by atoms with Crippen LogP contribution in [0, 0.1) is 0 Å². The highest BCUT2D eigenvalue weighted by Crippen LogP contribution is 2.35. The Balaban J connectivity index is 1.15. The molecule has 0 aliphatic carbocycles. The zero-order chi connectivity index (χ0) is 39.1. The van der Waals surface area contributed by atoms with Crippen molar-refractivity contribution in [3.63, 3.8) is 0 Å². The number of ether oxygens (including phenoxy) is 2. The van der Waals surface area contributed by atoms with Crippen LogP contribution in [0.3, 0.4) is 0 Å². The molecule has 0 fully saturated rings. The number of methoxy groups -OCH3 is 1. The summed E-state index contributed by atoms with van der Waals surface area (Å²) in [7, 11) is 1.30. The predicted octanol–water partition coefficient (Wildman–Crippen LogP) is 13.7. The van der Waals surface area contributed by atoms with E-state index in [1.165, 1.54) is 29.4 Å². The summed E-state index contributed by atoms with van der Waals surface area (Å²) in [4.78, 5) is 13.8. The minimum Gasteiger partial charge on any atom is -0.438 e. The average molecular weight is 742 g/mol. The van der Waals surface area contributed by atoms with Gasteiger partial charge >= 0.3 is 6.16 Å². The number of nitrogens with zero attached hydrogens (tertiary/aromatic N) is 1. The summed E-state index contributed by atoms with van der Waals surface area (Å²) in [6.07, 6.45) is 12.1. The molecular weight excluding hydrogens is 699 g/mol. The van der Waals surface area contributed by atoms with Gasteiger partial charge in [-0.25, -0.2) is 4.79 Å². The molecule has 0 atom stereocenters. The van der Waals surface area contributed by atoms with Crippen molar-refractivity contribution in [3.05, 3.63) is 257 Å². The maximum atomic E-state index is 11.6. The molecule has 0 saturated heterocycles. The normalized spacial score (nSPS) is 10.9. The van der Waals surface area contributed by atoms with Crippen LogP contribution >= 0.6 is 0 Å². The summed E-state index contributed by atoms with van der Waals surface area (Å²) in [6, 6.07) is 67.0. The molecule has 0 bridgehead atoms. The minimum absolute atomic E-state index is 0.129. The molecule has 278 valence electrons. The Morgan fingerprint density at radius 1 is 0.456 bits per heavy atom. The first-order valence-electron chi connectivity index (χ1n) is 18.9. The van der Waals surface area contributed by atoms with E-state index in [4.69, 9.17) is 4.74 Å². The van der Waals surface area contributed by atoms with E-state index in [1.54, 1.807) is 0 Å². The Morgan fingerprint density at radius 3 is 1.12 bits per heavy atom. The van der Waals surface area contributed by atoms with Gasteiger partial charge in [0.15, 0.2) is 0 Å². The van der Waals surface area contributed by atoms with Gasteiger partial charge < -0.3 is 14.4 Å². The van der Waals surface area contributed by atoms with Gasteiger partial charge in [0.1, 0.15) is 6.61 Å². The molecule has 0 heterocycles. The van der Waals surface area contributed by atoms with E-state index in [1.807, 2.05) is 48.5 Å². The number of allylic oxidation sites excluding steroid dienone is 4. The van der Waals surface area contributed by atoms with Gasteiger partial charge in [-0.2, -0.15) is 0 Å². The highest BCUT2D eigenvalue weighted by atomic mass is 16.7. The zero-order valence-electron chi connectivity index (χ0n) is 31.8. The Hall–Kier alpha value is -7.43. The molecular formula is C53H43NO3. The van der Waals surface area contributed by atoms with Crippen LogP contribution in [-0.4, -0.2) is 13.3 Å². The van der Waals surface area contributed by atoms with Gasteiger partial charge in [0.25, 0.3) is 0 Å². The Labute approximate surface area is 335 Å².